The van der Waals surface area contributed by atoms with Gasteiger partial charge in [-0.2, -0.15) is 0 Å². The Morgan fingerprint density at radius 2 is 1.95 bits per heavy atom. The average molecular weight is 305 g/mol. The highest BCUT2D eigenvalue weighted by molar-refractivity contribution is 7.89. The molecule has 0 fully saturated rings. The smallest absolute Gasteiger partial charge is 0.242 e. The van der Waals surface area contributed by atoms with E-state index >= 15 is 0 Å². The number of rotatable bonds is 6. The maximum atomic E-state index is 11.9. The van der Waals surface area contributed by atoms with Crippen molar-refractivity contribution < 1.29 is 13.2 Å². The molecule has 1 aromatic carbocycles. The van der Waals surface area contributed by atoms with E-state index in [1.807, 2.05) is 13.8 Å². The van der Waals surface area contributed by atoms with Gasteiger partial charge in [-0.25, -0.2) is 13.1 Å². The fourth-order valence-electron chi connectivity index (χ4n) is 1.43. The van der Waals surface area contributed by atoms with Gasteiger partial charge < -0.3 is 5.32 Å². The van der Waals surface area contributed by atoms with E-state index in [0.29, 0.717) is 0 Å². The summed E-state index contributed by atoms with van der Waals surface area (Å²) in [5, 5.41) is 2.83. The molecule has 0 saturated carbocycles. The number of hydrogen-bond donors (Lipinski definition) is 2. The van der Waals surface area contributed by atoms with E-state index in [2.05, 4.69) is 10.0 Å². The van der Waals surface area contributed by atoms with Crippen LogP contribution in [-0.2, 0) is 14.8 Å². The van der Waals surface area contributed by atoms with Crippen molar-refractivity contribution in [1.29, 1.82) is 0 Å². The molecule has 0 spiro atoms. The molecule has 1 aromatic rings. The molecule has 0 heterocycles. The lowest BCUT2D eigenvalue weighted by atomic mass is 10.3. The van der Waals surface area contributed by atoms with Crippen LogP contribution in [0.5, 0.6) is 0 Å². The van der Waals surface area contributed by atoms with E-state index in [0.717, 1.165) is 0 Å². The summed E-state index contributed by atoms with van der Waals surface area (Å²) < 4.78 is 26.2. The first kappa shape index (κ1) is 15.9. The number of hydrogen-bond acceptors (Lipinski definition) is 3. The lowest BCUT2D eigenvalue weighted by Crippen LogP contribution is -2.34. The van der Waals surface area contributed by atoms with Gasteiger partial charge in [0.25, 0.3) is 0 Å². The Hall–Kier alpha value is -1.11. The van der Waals surface area contributed by atoms with Crippen LogP contribution in [0.3, 0.4) is 0 Å². The first-order valence-corrected chi connectivity index (χ1v) is 7.72. The van der Waals surface area contributed by atoms with Gasteiger partial charge in [-0.15, -0.1) is 0 Å². The highest BCUT2D eigenvalue weighted by atomic mass is 35.5. The Morgan fingerprint density at radius 1 is 1.32 bits per heavy atom. The molecule has 7 heteroatoms. The molecule has 1 rings (SSSR count). The van der Waals surface area contributed by atoms with Gasteiger partial charge in [-0.05, 0) is 26.0 Å². The quantitative estimate of drug-likeness (QED) is 0.837. The van der Waals surface area contributed by atoms with Gasteiger partial charge in [-0.1, -0.05) is 23.7 Å². The van der Waals surface area contributed by atoms with Crippen molar-refractivity contribution in [2.24, 2.45) is 0 Å². The molecule has 0 saturated heterocycles. The molecule has 0 radical (unpaired) electrons. The SMILES string of the molecule is CC(C)NC(=O)CCNS(=O)(=O)c1ccccc1Cl. The summed E-state index contributed by atoms with van der Waals surface area (Å²) in [6.07, 6.45) is 0.0852. The van der Waals surface area contributed by atoms with Crippen LogP contribution in [-0.4, -0.2) is 26.9 Å². The molecule has 2 N–H and O–H groups in total. The summed E-state index contributed by atoms with van der Waals surface area (Å²) in [6.45, 7) is 3.71. The van der Waals surface area contributed by atoms with Crippen molar-refractivity contribution >= 4 is 27.5 Å². The van der Waals surface area contributed by atoms with Crippen molar-refractivity contribution in [1.82, 2.24) is 10.0 Å². The van der Waals surface area contributed by atoms with Crippen molar-refractivity contribution in [3.63, 3.8) is 0 Å². The molecule has 0 atom stereocenters. The maximum Gasteiger partial charge on any atom is 0.242 e. The number of carbonyl (C=O) groups excluding carboxylic acids is 1. The molecule has 0 aromatic heterocycles. The van der Waals surface area contributed by atoms with E-state index in [4.69, 9.17) is 11.6 Å². The highest BCUT2D eigenvalue weighted by Crippen LogP contribution is 2.19. The zero-order valence-corrected chi connectivity index (χ0v) is 12.4. The van der Waals surface area contributed by atoms with Gasteiger partial charge >= 0.3 is 0 Å². The first-order valence-electron chi connectivity index (χ1n) is 5.86. The van der Waals surface area contributed by atoms with Crippen molar-refractivity contribution in [2.45, 2.75) is 31.2 Å². The lowest BCUT2D eigenvalue weighted by molar-refractivity contribution is -0.121. The molecule has 5 nitrogen and oxygen atoms in total. The van der Waals surface area contributed by atoms with Crippen LogP contribution >= 0.6 is 11.6 Å². The minimum absolute atomic E-state index is 0.0148. The summed E-state index contributed by atoms with van der Waals surface area (Å²) in [5.41, 5.74) is 0. The topological polar surface area (TPSA) is 75.3 Å². The van der Waals surface area contributed by atoms with E-state index in [1.165, 1.54) is 12.1 Å². The van der Waals surface area contributed by atoms with Gasteiger partial charge in [-0.3, -0.25) is 4.79 Å². The number of halogens is 1. The van der Waals surface area contributed by atoms with Crippen molar-refractivity contribution in [3.8, 4) is 0 Å². The number of carbonyl (C=O) groups is 1. The fourth-order valence-corrected chi connectivity index (χ4v) is 2.98. The molecule has 0 bridgehead atoms. The largest absolute Gasteiger partial charge is 0.354 e. The summed E-state index contributed by atoms with van der Waals surface area (Å²) in [6, 6.07) is 6.19. The Kier molecular flexibility index (Phi) is 5.78. The molecular weight excluding hydrogens is 288 g/mol. The number of amides is 1. The van der Waals surface area contributed by atoms with Crippen LogP contribution in [0, 0.1) is 0 Å². The molecule has 0 aliphatic heterocycles. The lowest BCUT2D eigenvalue weighted by Gasteiger charge is -2.10. The molecule has 0 aliphatic rings. The minimum atomic E-state index is -3.68. The fraction of sp³-hybridized carbons (Fsp3) is 0.417. The van der Waals surface area contributed by atoms with Crippen molar-refractivity contribution in [3.05, 3.63) is 29.3 Å². The Morgan fingerprint density at radius 3 is 2.53 bits per heavy atom. The van der Waals surface area contributed by atoms with E-state index in [9.17, 15) is 13.2 Å². The third kappa shape index (κ3) is 5.18. The second-order valence-corrected chi connectivity index (χ2v) is 6.44. The van der Waals surface area contributed by atoms with Gasteiger partial charge in [0, 0.05) is 19.0 Å². The Labute approximate surface area is 118 Å². The second kappa shape index (κ2) is 6.88. The monoisotopic (exact) mass is 304 g/mol. The van der Waals surface area contributed by atoms with Crippen LogP contribution in [0.2, 0.25) is 5.02 Å². The third-order valence-electron chi connectivity index (χ3n) is 2.22. The Bertz CT molecular complexity index is 544. The molecule has 0 unspecified atom stereocenters. The first-order chi connectivity index (χ1) is 8.83. The third-order valence-corrected chi connectivity index (χ3v) is 4.18. The van der Waals surface area contributed by atoms with Crippen LogP contribution in [0.1, 0.15) is 20.3 Å². The number of benzene rings is 1. The van der Waals surface area contributed by atoms with Crippen molar-refractivity contribution in [2.75, 3.05) is 6.54 Å². The predicted molar refractivity (Wildman–Crippen MR) is 74.5 cm³/mol. The zero-order chi connectivity index (χ0) is 14.5. The minimum Gasteiger partial charge on any atom is -0.354 e. The zero-order valence-electron chi connectivity index (χ0n) is 10.8. The predicted octanol–water partition coefficient (Wildman–Crippen LogP) is 1.53. The van der Waals surface area contributed by atoms with E-state index in [1.54, 1.807) is 12.1 Å². The van der Waals surface area contributed by atoms with E-state index < -0.39 is 10.0 Å². The van der Waals surface area contributed by atoms with Crippen LogP contribution in [0.25, 0.3) is 0 Å². The Balaban J connectivity index is 2.58. The van der Waals surface area contributed by atoms with Crippen LogP contribution in [0.15, 0.2) is 29.2 Å². The number of sulfonamides is 1. The summed E-state index contributed by atoms with van der Waals surface area (Å²) in [4.78, 5) is 11.4. The summed E-state index contributed by atoms with van der Waals surface area (Å²) in [5.74, 6) is -0.197. The van der Waals surface area contributed by atoms with E-state index in [-0.39, 0.29) is 34.8 Å². The van der Waals surface area contributed by atoms with Gasteiger partial charge in [0.2, 0.25) is 15.9 Å². The van der Waals surface area contributed by atoms with Gasteiger partial charge in [0.1, 0.15) is 4.90 Å². The highest BCUT2D eigenvalue weighted by Gasteiger charge is 2.17. The molecule has 1 amide bonds. The standard InChI is InChI=1S/C12H17ClN2O3S/c1-9(2)15-12(16)7-8-14-19(17,18)11-6-4-3-5-10(11)13/h3-6,9,14H,7-8H2,1-2H3,(H,15,16). The molecule has 0 aliphatic carbocycles. The average Bonchev–Trinajstić information content (AvgIpc) is 2.27. The summed E-state index contributed by atoms with van der Waals surface area (Å²) in [7, 11) is -3.68. The van der Waals surface area contributed by atoms with Gasteiger partial charge in [0.15, 0.2) is 0 Å². The normalized spacial score (nSPS) is 11.6. The maximum absolute atomic E-state index is 11.9. The van der Waals surface area contributed by atoms with Crippen LogP contribution in [0.4, 0.5) is 0 Å². The molecule has 19 heavy (non-hydrogen) atoms. The molecular formula is C12H17ClN2O3S. The molecule has 106 valence electrons. The summed E-state index contributed by atoms with van der Waals surface area (Å²) >= 11 is 5.82. The second-order valence-electron chi connectivity index (χ2n) is 4.30. The van der Waals surface area contributed by atoms with Gasteiger partial charge in [0.05, 0.1) is 5.02 Å². The van der Waals surface area contributed by atoms with Crippen LogP contribution < -0.4 is 10.0 Å². The number of nitrogens with one attached hydrogen (secondary N) is 2.